The van der Waals surface area contributed by atoms with E-state index in [9.17, 15) is 9.90 Å². The molecule has 1 saturated heterocycles. The number of terminal acetylenes is 1. The van der Waals surface area contributed by atoms with Gasteiger partial charge in [0.15, 0.2) is 0 Å². The smallest absolute Gasteiger partial charge is 0.234 e. The van der Waals surface area contributed by atoms with E-state index in [1.165, 1.54) is 0 Å². The number of β-amino-alcohol motifs (C(OH)–C–C–N with tert-alkyl or cyclic N) is 1. The number of piperidine rings is 1. The maximum Gasteiger partial charge on any atom is 0.234 e. The number of carbonyl (C=O) groups excluding carboxylic acids is 1. The summed E-state index contributed by atoms with van der Waals surface area (Å²) in [6.45, 7) is 1.18. The first-order valence-electron chi connectivity index (χ1n) is 4.13. The second kappa shape index (κ2) is 4.13. The molecular formula is C9H13NO2. The molecule has 1 heterocycles. The number of aliphatic hydroxyl groups excluding tert-OH is 1. The van der Waals surface area contributed by atoms with Crippen LogP contribution in [0.3, 0.4) is 0 Å². The lowest BCUT2D eigenvalue weighted by atomic mass is 10.1. The fraction of sp³-hybridized carbons (Fsp3) is 0.667. The Morgan fingerprint density at radius 3 is 3.08 bits per heavy atom. The third kappa shape index (κ3) is 2.24. The minimum atomic E-state index is -0.361. The average Bonchev–Trinajstić information content (AvgIpc) is 2.05. The molecule has 12 heavy (non-hydrogen) atoms. The SMILES string of the molecule is C#CCC(=O)N1CCC[C@H](O)C1. The maximum absolute atomic E-state index is 11.2. The Morgan fingerprint density at radius 1 is 1.75 bits per heavy atom. The molecule has 0 aromatic carbocycles. The highest BCUT2D eigenvalue weighted by Crippen LogP contribution is 2.10. The summed E-state index contributed by atoms with van der Waals surface area (Å²) in [6, 6.07) is 0. The molecular weight excluding hydrogens is 154 g/mol. The Bertz CT molecular complexity index is 207. The van der Waals surface area contributed by atoms with Crippen molar-refractivity contribution in [3.63, 3.8) is 0 Å². The van der Waals surface area contributed by atoms with Crippen LogP contribution >= 0.6 is 0 Å². The van der Waals surface area contributed by atoms with Gasteiger partial charge in [-0.25, -0.2) is 0 Å². The zero-order chi connectivity index (χ0) is 8.97. The van der Waals surface area contributed by atoms with E-state index in [2.05, 4.69) is 5.92 Å². The molecule has 0 bridgehead atoms. The molecule has 0 spiro atoms. The topological polar surface area (TPSA) is 40.5 Å². The van der Waals surface area contributed by atoms with Crippen molar-refractivity contribution >= 4 is 5.91 Å². The van der Waals surface area contributed by atoms with Crippen LogP contribution in [0.15, 0.2) is 0 Å². The summed E-state index contributed by atoms with van der Waals surface area (Å²) in [7, 11) is 0. The van der Waals surface area contributed by atoms with Crippen molar-refractivity contribution in [3.05, 3.63) is 0 Å². The normalized spacial score (nSPS) is 23.3. The molecule has 0 unspecified atom stereocenters. The summed E-state index contributed by atoms with van der Waals surface area (Å²) < 4.78 is 0. The van der Waals surface area contributed by atoms with Crippen molar-refractivity contribution in [3.8, 4) is 12.3 Å². The third-order valence-electron chi connectivity index (χ3n) is 2.00. The minimum Gasteiger partial charge on any atom is -0.391 e. The van der Waals surface area contributed by atoms with Gasteiger partial charge < -0.3 is 10.0 Å². The van der Waals surface area contributed by atoms with Crippen molar-refractivity contribution in [1.29, 1.82) is 0 Å². The van der Waals surface area contributed by atoms with Gasteiger partial charge >= 0.3 is 0 Å². The maximum atomic E-state index is 11.2. The number of aliphatic hydroxyl groups is 1. The fourth-order valence-electron chi connectivity index (χ4n) is 1.38. The van der Waals surface area contributed by atoms with Crippen LogP contribution in [-0.2, 0) is 4.79 Å². The van der Waals surface area contributed by atoms with Crippen molar-refractivity contribution in [2.75, 3.05) is 13.1 Å². The van der Waals surface area contributed by atoms with Crippen LogP contribution in [0.5, 0.6) is 0 Å². The first-order chi connectivity index (χ1) is 5.74. The van der Waals surface area contributed by atoms with Crippen molar-refractivity contribution in [1.82, 2.24) is 4.90 Å². The molecule has 1 amide bonds. The van der Waals surface area contributed by atoms with Gasteiger partial charge in [-0.05, 0) is 12.8 Å². The monoisotopic (exact) mass is 167 g/mol. The minimum absolute atomic E-state index is 0.0451. The number of nitrogens with zero attached hydrogens (tertiary/aromatic N) is 1. The highest BCUT2D eigenvalue weighted by molar-refractivity contribution is 5.78. The summed E-state index contributed by atoms with van der Waals surface area (Å²) in [5.41, 5.74) is 0. The highest BCUT2D eigenvalue weighted by atomic mass is 16.3. The third-order valence-corrected chi connectivity index (χ3v) is 2.00. The van der Waals surface area contributed by atoms with Gasteiger partial charge in [0.25, 0.3) is 0 Å². The largest absolute Gasteiger partial charge is 0.391 e. The summed E-state index contributed by atoms with van der Waals surface area (Å²) in [6.07, 6.45) is 6.46. The average molecular weight is 167 g/mol. The summed E-state index contributed by atoms with van der Waals surface area (Å²) in [5, 5.41) is 9.25. The van der Waals surface area contributed by atoms with Gasteiger partial charge in [0.1, 0.15) is 0 Å². The molecule has 1 aliphatic heterocycles. The van der Waals surface area contributed by atoms with Crippen LogP contribution in [0.1, 0.15) is 19.3 Å². The molecule has 1 rings (SSSR count). The van der Waals surface area contributed by atoms with Gasteiger partial charge in [0.05, 0.1) is 12.5 Å². The van der Waals surface area contributed by atoms with Crippen LogP contribution < -0.4 is 0 Å². The molecule has 1 N–H and O–H groups in total. The quantitative estimate of drug-likeness (QED) is 0.558. The first kappa shape index (κ1) is 9.08. The number of carbonyl (C=O) groups is 1. The number of rotatable bonds is 1. The van der Waals surface area contributed by atoms with E-state index in [0.717, 1.165) is 19.4 Å². The molecule has 0 radical (unpaired) electrons. The summed E-state index contributed by atoms with van der Waals surface area (Å²) in [4.78, 5) is 12.8. The van der Waals surface area contributed by atoms with E-state index in [0.29, 0.717) is 6.54 Å². The van der Waals surface area contributed by atoms with Crippen LogP contribution in [0, 0.1) is 12.3 Å². The van der Waals surface area contributed by atoms with E-state index >= 15 is 0 Å². The summed E-state index contributed by atoms with van der Waals surface area (Å²) in [5.74, 6) is 2.26. The zero-order valence-electron chi connectivity index (χ0n) is 6.99. The van der Waals surface area contributed by atoms with Gasteiger partial charge in [-0.3, -0.25) is 4.79 Å². The molecule has 1 aliphatic rings. The summed E-state index contributed by atoms with van der Waals surface area (Å²) >= 11 is 0. The lowest BCUT2D eigenvalue weighted by Crippen LogP contribution is -2.41. The van der Waals surface area contributed by atoms with E-state index in [1.54, 1.807) is 4.90 Å². The Hall–Kier alpha value is -1.01. The second-order valence-electron chi connectivity index (χ2n) is 3.02. The lowest BCUT2D eigenvalue weighted by molar-refractivity contribution is -0.133. The first-order valence-corrected chi connectivity index (χ1v) is 4.13. The Labute approximate surface area is 72.4 Å². The van der Waals surface area contributed by atoms with Gasteiger partial charge in [-0.1, -0.05) is 5.92 Å². The highest BCUT2D eigenvalue weighted by Gasteiger charge is 2.20. The number of hydrogen-bond donors (Lipinski definition) is 1. The van der Waals surface area contributed by atoms with Crippen molar-refractivity contribution in [2.45, 2.75) is 25.4 Å². The van der Waals surface area contributed by atoms with Gasteiger partial charge in [0, 0.05) is 13.1 Å². The zero-order valence-corrected chi connectivity index (χ0v) is 6.99. The molecule has 3 heteroatoms. The van der Waals surface area contributed by atoms with Crippen LogP contribution in [-0.4, -0.2) is 35.1 Å². The van der Waals surface area contributed by atoms with Crippen LogP contribution in [0.4, 0.5) is 0 Å². The number of hydrogen-bond acceptors (Lipinski definition) is 2. The molecule has 1 fully saturated rings. The van der Waals surface area contributed by atoms with E-state index in [4.69, 9.17) is 6.42 Å². The van der Waals surface area contributed by atoms with Crippen LogP contribution in [0.2, 0.25) is 0 Å². The number of likely N-dealkylation sites (tertiary alicyclic amines) is 1. The van der Waals surface area contributed by atoms with E-state index in [1.807, 2.05) is 0 Å². The Morgan fingerprint density at radius 2 is 2.50 bits per heavy atom. The Kier molecular flexibility index (Phi) is 3.12. The predicted octanol–water partition coefficient (Wildman–Crippen LogP) is -0.00700. The molecule has 3 nitrogen and oxygen atoms in total. The molecule has 0 aromatic rings. The van der Waals surface area contributed by atoms with E-state index < -0.39 is 0 Å². The Balaban J connectivity index is 2.41. The fourth-order valence-corrected chi connectivity index (χ4v) is 1.38. The molecule has 0 aromatic heterocycles. The predicted molar refractivity (Wildman–Crippen MR) is 45.3 cm³/mol. The second-order valence-corrected chi connectivity index (χ2v) is 3.02. The van der Waals surface area contributed by atoms with Gasteiger partial charge in [-0.2, -0.15) is 0 Å². The van der Waals surface area contributed by atoms with Crippen molar-refractivity contribution in [2.24, 2.45) is 0 Å². The van der Waals surface area contributed by atoms with Gasteiger partial charge in [-0.15, -0.1) is 6.42 Å². The van der Waals surface area contributed by atoms with Crippen molar-refractivity contribution < 1.29 is 9.90 Å². The van der Waals surface area contributed by atoms with Gasteiger partial charge in [0.2, 0.25) is 5.91 Å². The van der Waals surface area contributed by atoms with E-state index in [-0.39, 0.29) is 18.4 Å². The standard InChI is InChI=1S/C9H13NO2/c1-2-4-9(12)10-6-3-5-8(11)7-10/h1,8,11H,3-7H2/t8-/m0/s1. The lowest BCUT2D eigenvalue weighted by Gasteiger charge is -2.29. The van der Waals surface area contributed by atoms with Crippen LogP contribution in [0.25, 0.3) is 0 Å². The molecule has 0 aliphatic carbocycles. The molecule has 66 valence electrons. The molecule has 0 saturated carbocycles. The molecule has 1 atom stereocenters. The number of amides is 1.